The molecule has 0 heterocycles. The van der Waals surface area contributed by atoms with Crippen LogP contribution in [0.4, 0.5) is 0 Å². The predicted molar refractivity (Wildman–Crippen MR) is 77.1 cm³/mol. The van der Waals surface area contributed by atoms with Crippen LogP contribution in [0.1, 0.15) is 57.0 Å². The summed E-state index contributed by atoms with van der Waals surface area (Å²) in [4.78, 5) is 11.1. The summed E-state index contributed by atoms with van der Waals surface area (Å²) < 4.78 is 5.39. The van der Waals surface area contributed by atoms with Crippen molar-refractivity contribution < 1.29 is 14.6 Å². The standard InChI is InChI=1S/C16H24O3/c1-15(2,3)10-16(4,5)12-9-11(14(17)18)7-8-13(12)19-6/h7-9H,10H2,1-6H3,(H,17,18). The van der Waals surface area contributed by atoms with Crippen molar-refractivity contribution in [3.63, 3.8) is 0 Å². The van der Waals surface area contributed by atoms with Crippen LogP contribution in [0.5, 0.6) is 5.75 Å². The molecule has 0 aliphatic rings. The maximum atomic E-state index is 11.1. The molecule has 19 heavy (non-hydrogen) atoms. The van der Waals surface area contributed by atoms with Crippen molar-refractivity contribution in [3.05, 3.63) is 29.3 Å². The third-order valence-electron chi connectivity index (χ3n) is 3.15. The van der Waals surface area contributed by atoms with Crippen molar-refractivity contribution in [2.24, 2.45) is 5.41 Å². The maximum Gasteiger partial charge on any atom is 0.335 e. The summed E-state index contributed by atoms with van der Waals surface area (Å²) in [7, 11) is 1.62. The first kappa shape index (κ1) is 15.5. The van der Waals surface area contributed by atoms with Gasteiger partial charge in [0.2, 0.25) is 0 Å². The molecule has 0 atom stereocenters. The number of carboxylic acids is 1. The van der Waals surface area contributed by atoms with Crippen LogP contribution in [0.15, 0.2) is 18.2 Å². The highest BCUT2D eigenvalue weighted by molar-refractivity contribution is 5.88. The van der Waals surface area contributed by atoms with Gasteiger partial charge in [-0.05, 0) is 35.4 Å². The molecule has 0 amide bonds. The molecule has 106 valence electrons. The lowest BCUT2D eigenvalue weighted by molar-refractivity contribution is 0.0696. The van der Waals surface area contributed by atoms with Gasteiger partial charge < -0.3 is 9.84 Å². The van der Waals surface area contributed by atoms with Gasteiger partial charge in [-0.3, -0.25) is 0 Å². The third kappa shape index (κ3) is 3.98. The number of hydrogen-bond acceptors (Lipinski definition) is 2. The summed E-state index contributed by atoms with van der Waals surface area (Å²) in [5.41, 5.74) is 1.27. The molecule has 0 saturated carbocycles. The van der Waals surface area contributed by atoms with E-state index in [-0.39, 0.29) is 10.8 Å². The number of rotatable bonds is 4. The summed E-state index contributed by atoms with van der Waals surface area (Å²) in [6.45, 7) is 10.8. The molecule has 0 aliphatic heterocycles. The minimum Gasteiger partial charge on any atom is -0.496 e. The molecule has 1 rings (SSSR count). The Labute approximate surface area is 115 Å². The first-order valence-electron chi connectivity index (χ1n) is 6.49. The summed E-state index contributed by atoms with van der Waals surface area (Å²) in [5.74, 6) is -0.158. The Bertz CT molecular complexity index is 467. The second-order valence-corrected chi connectivity index (χ2v) is 6.84. The summed E-state index contributed by atoms with van der Waals surface area (Å²) in [5, 5.41) is 9.13. The fraction of sp³-hybridized carbons (Fsp3) is 0.562. The average molecular weight is 264 g/mol. The zero-order valence-electron chi connectivity index (χ0n) is 12.7. The largest absolute Gasteiger partial charge is 0.496 e. The van der Waals surface area contributed by atoms with Crippen molar-refractivity contribution in [3.8, 4) is 5.75 Å². The molecular weight excluding hydrogens is 240 g/mol. The van der Waals surface area contributed by atoms with Gasteiger partial charge in [-0.15, -0.1) is 0 Å². The lowest BCUT2D eigenvalue weighted by Gasteiger charge is -2.34. The molecule has 3 nitrogen and oxygen atoms in total. The fourth-order valence-electron chi connectivity index (χ4n) is 2.79. The zero-order chi connectivity index (χ0) is 14.8. The van der Waals surface area contributed by atoms with Crippen LogP contribution in [-0.4, -0.2) is 18.2 Å². The van der Waals surface area contributed by atoms with E-state index in [1.54, 1.807) is 25.3 Å². The van der Waals surface area contributed by atoms with E-state index >= 15 is 0 Å². The summed E-state index contributed by atoms with van der Waals surface area (Å²) >= 11 is 0. The second kappa shape index (κ2) is 5.24. The number of carbonyl (C=O) groups is 1. The highest BCUT2D eigenvalue weighted by atomic mass is 16.5. The van der Waals surface area contributed by atoms with Crippen molar-refractivity contribution >= 4 is 5.97 Å². The Kier molecular flexibility index (Phi) is 4.28. The van der Waals surface area contributed by atoms with E-state index in [0.717, 1.165) is 17.7 Å². The van der Waals surface area contributed by atoms with Crippen LogP contribution < -0.4 is 4.74 Å². The lowest BCUT2D eigenvalue weighted by Crippen LogP contribution is -2.25. The van der Waals surface area contributed by atoms with E-state index in [2.05, 4.69) is 34.6 Å². The first-order chi connectivity index (χ1) is 8.57. The van der Waals surface area contributed by atoms with Crippen LogP contribution >= 0.6 is 0 Å². The van der Waals surface area contributed by atoms with E-state index in [1.165, 1.54) is 0 Å². The van der Waals surface area contributed by atoms with E-state index in [1.807, 2.05) is 0 Å². The molecule has 0 saturated heterocycles. The zero-order valence-corrected chi connectivity index (χ0v) is 12.7. The van der Waals surface area contributed by atoms with Crippen LogP contribution in [0, 0.1) is 5.41 Å². The van der Waals surface area contributed by atoms with Crippen molar-refractivity contribution in [2.45, 2.75) is 46.5 Å². The Morgan fingerprint density at radius 1 is 1.21 bits per heavy atom. The van der Waals surface area contributed by atoms with Gasteiger partial charge in [-0.25, -0.2) is 4.79 Å². The molecular formula is C16H24O3. The average Bonchev–Trinajstić information content (AvgIpc) is 2.24. The van der Waals surface area contributed by atoms with Crippen LogP contribution in [0.25, 0.3) is 0 Å². The normalized spacial score (nSPS) is 12.3. The topological polar surface area (TPSA) is 46.5 Å². The summed E-state index contributed by atoms with van der Waals surface area (Å²) in [6.07, 6.45) is 0.944. The van der Waals surface area contributed by atoms with E-state index in [9.17, 15) is 4.79 Å². The van der Waals surface area contributed by atoms with E-state index < -0.39 is 5.97 Å². The van der Waals surface area contributed by atoms with Gasteiger partial charge in [-0.2, -0.15) is 0 Å². The Morgan fingerprint density at radius 2 is 1.79 bits per heavy atom. The molecule has 1 aromatic carbocycles. The number of ether oxygens (including phenoxy) is 1. The Hall–Kier alpha value is -1.51. The van der Waals surface area contributed by atoms with Crippen molar-refractivity contribution in [1.29, 1.82) is 0 Å². The van der Waals surface area contributed by atoms with Gasteiger partial charge in [-0.1, -0.05) is 34.6 Å². The van der Waals surface area contributed by atoms with E-state index in [0.29, 0.717) is 5.56 Å². The Balaban J connectivity index is 3.29. The number of aromatic carboxylic acids is 1. The molecule has 1 N–H and O–H groups in total. The maximum absolute atomic E-state index is 11.1. The molecule has 3 heteroatoms. The SMILES string of the molecule is COc1ccc(C(=O)O)cc1C(C)(C)CC(C)(C)C. The molecule has 0 fully saturated rings. The minimum atomic E-state index is -0.907. The van der Waals surface area contributed by atoms with Gasteiger partial charge in [0.25, 0.3) is 0 Å². The number of methoxy groups -OCH3 is 1. The molecule has 0 aromatic heterocycles. The number of hydrogen-bond donors (Lipinski definition) is 1. The smallest absolute Gasteiger partial charge is 0.335 e. The Morgan fingerprint density at radius 3 is 2.21 bits per heavy atom. The minimum absolute atomic E-state index is 0.144. The molecule has 0 unspecified atom stereocenters. The van der Waals surface area contributed by atoms with Gasteiger partial charge >= 0.3 is 5.97 Å². The molecule has 1 aromatic rings. The monoisotopic (exact) mass is 264 g/mol. The van der Waals surface area contributed by atoms with Crippen molar-refractivity contribution in [1.82, 2.24) is 0 Å². The predicted octanol–water partition coefficient (Wildman–Crippen LogP) is 4.11. The molecule has 0 aliphatic carbocycles. The second-order valence-electron chi connectivity index (χ2n) is 6.84. The van der Waals surface area contributed by atoms with Crippen molar-refractivity contribution in [2.75, 3.05) is 7.11 Å². The highest BCUT2D eigenvalue weighted by Gasteiger charge is 2.30. The highest BCUT2D eigenvalue weighted by Crippen LogP contribution is 2.40. The van der Waals surface area contributed by atoms with Gasteiger partial charge in [0, 0.05) is 5.56 Å². The molecule has 0 spiro atoms. The van der Waals surface area contributed by atoms with Gasteiger partial charge in [0.15, 0.2) is 0 Å². The van der Waals surface area contributed by atoms with Crippen LogP contribution in [0.3, 0.4) is 0 Å². The van der Waals surface area contributed by atoms with Crippen LogP contribution in [0.2, 0.25) is 0 Å². The molecule has 0 bridgehead atoms. The van der Waals surface area contributed by atoms with E-state index in [4.69, 9.17) is 9.84 Å². The van der Waals surface area contributed by atoms with Gasteiger partial charge in [0.05, 0.1) is 12.7 Å². The quantitative estimate of drug-likeness (QED) is 0.890. The first-order valence-corrected chi connectivity index (χ1v) is 6.49. The number of carboxylic acid groups (broad SMARTS) is 1. The van der Waals surface area contributed by atoms with Gasteiger partial charge in [0.1, 0.15) is 5.75 Å². The number of benzene rings is 1. The third-order valence-corrected chi connectivity index (χ3v) is 3.15. The molecule has 0 radical (unpaired) electrons. The lowest BCUT2D eigenvalue weighted by atomic mass is 9.72. The summed E-state index contributed by atoms with van der Waals surface area (Å²) in [6, 6.07) is 5.05. The fourth-order valence-corrected chi connectivity index (χ4v) is 2.79. The van der Waals surface area contributed by atoms with Crippen LogP contribution in [-0.2, 0) is 5.41 Å².